The molecule has 1 aromatic carbocycles. The Morgan fingerprint density at radius 3 is 2.52 bits per heavy atom. The van der Waals surface area contributed by atoms with Gasteiger partial charge in [-0.15, -0.1) is 12.4 Å². The number of amides is 1. The minimum Gasteiger partial charge on any atom is -0.385 e. The van der Waals surface area contributed by atoms with E-state index in [9.17, 15) is 14.9 Å². The van der Waals surface area contributed by atoms with Crippen LogP contribution in [0.25, 0.3) is 0 Å². The molecule has 0 saturated carbocycles. The van der Waals surface area contributed by atoms with Crippen LogP contribution < -0.4 is 16.0 Å². The van der Waals surface area contributed by atoms with Gasteiger partial charge in [-0.3, -0.25) is 14.9 Å². The number of hydrogen-bond acceptors (Lipinski definition) is 5. The van der Waals surface area contributed by atoms with Crippen molar-refractivity contribution < 1.29 is 9.72 Å². The first kappa shape index (κ1) is 21.2. The van der Waals surface area contributed by atoms with Crippen LogP contribution in [-0.2, 0) is 4.79 Å². The number of nitrogens with zero attached hydrogens (tertiary/aromatic N) is 1. The number of nitro groups is 1. The highest BCUT2D eigenvalue weighted by Gasteiger charge is 2.26. The highest BCUT2D eigenvalue weighted by atomic mass is 35.5. The van der Waals surface area contributed by atoms with Crippen molar-refractivity contribution in [3.63, 3.8) is 0 Å². The first-order valence-corrected chi connectivity index (χ1v) is 8.44. The summed E-state index contributed by atoms with van der Waals surface area (Å²) in [6.45, 7) is 5.66. The molecule has 1 amide bonds. The monoisotopic (exact) mass is 370 g/mol. The van der Waals surface area contributed by atoms with Crippen molar-refractivity contribution in [3.8, 4) is 0 Å². The minimum atomic E-state index is -0.420. The van der Waals surface area contributed by atoms with Crippen molar-refractivity contribution in [2.75, 3.05) is 31.5 Å². The zero-order valence-electron chi connectivity index (χ0n) is 14.5. The lowest BCUT2D eigenvalue weighted by Crippen LogP contribution is -2.42. The molecule has 8 heteroatoms. The predicted molar refractivity (Wildman–Crippen MR) is 101 cm³/mol. The van der Waals surface area contributed by atoms with Crippen LogP contribution in [-0.4, -0.2) is 37.0 Å². The van der Waals surface area contributed by atoms with Gasteiger partial charge in [0.1, 0.15) is 0 Å². The van der Waals surface area contributed by atoms with Gasteiger partial charge in [-0.1, -0.05) is 6.92 Å². The van der Waals surface area contributed by atoms with Crippen LogP contribution in [0, 0.1) is 15.5 Å². The molecular formula is C17H27ClN4O3. The van der Waals surface area contributed by atoms with Crippen LogP contribution >= 0.6 is 12.4 Å². The molecule has 0 bridgehead atoms. The summed E-state index contributed by atoms with van der Waals surface area (Å²) < 4.78 is 0. The Kier molecular flexibility index (Phi) is 8.65. The summed E-state index contributed by atoms with van der Waals surface area (Å²) in [6, 6.07) is 6.29. The molecule has 1 aliphatic rings. The van der Waals surface area contributed by atoms with E-state index in [-0.39, 0.29) is 29.4 Å². The molecule has 3 N–H and O–H groups in total. The van der Waals surface area contributed by atoms with Crippen molar-refractivity contribution >= 4 is 29.7 Å². The molecule has 1 aliphatic heterocycles. The molecule has 0 spiro atoms. The van der Waals surface area contributed by atoms with E-state index in [0.717, 1.165) is 44.6 Å². The lowest BCUT2D eigenvalue weighted by atomic mass is 9.81. The van der Waals surface area contributed by atoms with E-state index in [1.807, 2.05) is 0 Å². The average molecular weight is 371 g/mol. The van der Waals surface area contributed by atoms with Gasteiger partial charge < -0.3 is 16.0 Å². The number of carbonyl (C=O) groups is 1. The van der Waals surface area contributed by atoms with Crippen molar-refractivity contribution in [3.05, 3.63) is 34.4 Å². The first-order chi connectivity index (χ1) is 11.5. The van der Waals surface area contributed by atoms with Crippen LogP contribution in [0.15, 0.2) is 24.3 Å². The number of non-ortho nitro benzene ring substituents is 1. The maximum atomic E-state index is 11.9. The Balaban J connectivity index is 0.00000312. The second-order valence-electron chi connectivity index (χ2n) is 6.67. The van der Waals surface area contributed by atoms with Crippen LogP contribution in [0.3, 0.4) is 0 Å². The molecule has 0 aliphatic carbocycles. The molecule has 1 heterocycles. The molecule has 1 saturated heterocycles. The number of nitro benzene ring substituents is 1. The second-order valence-corrected chi connectivity index (χ2v) is 6.67. The van der Waals surface area contributed by atoms with Gasteiger partial charge in [-0.05, 0) is 49.9 Å². The van der Waals surface area contributed by atoms with E-state index in [2.05, 4.69) is 22.9 Å². The summed E-state index contributed by atoms with van der Waals surface area (Å²) >= 11 is 0. The lowest BCUT2D eigenvalue weighted by Gasteiger charge is -2.34. The van der Waals surface area contributed by atoms with Gasteiger partial charge in [0.15, 0.2) is 0 Å². The van der Waals surface area contributed by atoms with Crippen LogP contribution in [0.5, 0.6) is 0 Å². The molecule has 25 heavy (non-hydrogen) atoms. The summed E-state index contributed by atoms with van der Waals surface area (Å²) in [5.74, 6) is 0.0836. The van der Waals surface area contributed by atoms with Gasteiger partial charge in [0.05, 0.1) is 4.92 Å². The van der Waals surface area contributed by atoms with Crippen molar-refractivity contribution in [2.45, 2.75) is 32.6 Å². The Bertz CT molecular complexity index is 560. The van der Waals surface area contributed by atoms with Crippen LogP contribution in [0.1, 0.15) is 32.6 Å². The smallest absolute Gasteiger partial charge is 0.269 e. The highest BCUT2D eigenvalue weighted by molar-refractivity contribution is 5.85. The van der Waals surface area contributed by atoms with Gasteiger partial charge in [0.25, 0.3) is 5.69 Å². The zero-order valence-corrected chi connectivity index (χ0v) is 15.4. The van der Waals surface area contributed by atoms with E-state index >= 15 is 0 Å². The molecule has 140 valence electrons. The summed E-state index contributed by atoms with van der Waals surface area (Å²) in [5, 5.41) is 20.1. The summed E-state index contributed by atoms with van der Waals surface area (Å²) in [4.78, 5) is 22.1. The van der Waals surface area contributed by atoms with Gasteiger partial charge in [0.2, 0.25) is 5.91 Å². The van der Waals surface area contributed by atoms with Crippen LogP contribution in [0.4, 0.5) is 11.4 Å². The number of rotatable bonds is 8. The normalized spacial score (nSPS) is 15.7. The molecule has 2 rings (SSSR count). The topological polar surface area (TPSA) is 96.3 Å². The fraction of sp³-hybridized carbons (Fsp3) is 0.588. The quantitative estimate of drug-likeness (QED) is 0.371. The molecule has 7 nitrogen and oxygen atoms in total. The first-order valence-electron chi connectivity index (χ1n) is 8.44. The molecule has 1 aromatic rings. The number of carbonyl (C=O) groups excluding carboxylic acids is 1. The summed E-state index contributed by atoms with van der Waals surface area (Å²) in [5.41, 5.74) is 1.10. The Morgan fingerprint density at radius 1 is 1.28 bits per heavy atom. The summed E-state index contributed by atoms with van der Waals surface area (Å²) in [6.07, 6.45) is 3.39. The summed E-state index contributed by atoms with van der Waals surface area (Å²) in [7, 11) is 0. The molecular weight excluding hydrogens is 344 g/mol. The number of hydrogen-bond donors (Lipinski definition) is 3. The van der Waals surface area contributed by atoms with Gasteiger partial charge >= 0.3 is 0 Å². The van der Waals surface area contributed by atoms with Crippen molar-refractivity contribution in [1.82, 2.24) is 10.6 Å². The third-order valence-corrected chi connectivity index (χ3v) is 4.51. The molecule has 0 atom stereocenters. The molecule has 1 fully saturated rings. The number of anilines is 1. The minimum absolute atomic E-state index is 0. The van der Waals surface area contributed by atoms with Gasteiger partial charge in [0, 0.05) is 37.3 Å². The van der Waals surface area contributed by atoms with E-state index in [1.165, 1.54) is 12.1 Å². The third-order valence-electron chi connectivity index (χ3n) is 4.51. The highest BCUT2D eigenvalue weighted by Crippen LogP contribution is 2.26. The molecule has 0 aromatic heterocycles. The number of halogens is 1. The second kappa shape index (κ2) is 10.2. The predicted octanol–water partition coefficient (Wildman–Crippen LogP) is 2.71. The Hall–Kier alpha value is -1.86. The largest absolute Gasteiger partial charge is 0.385 e. The fourth-order valence-corrected chi connectivity index (χ4v) is 2.79. The third kappa shape index (κ3) is 7.27. The Morgan fingerprint density at radius 2 is 1.92 bits per heavy atom. The van der Waals surface area contributed by atoms with E-state index in [0.29, 0.717) is 13.0 Å². The molecule has 0 radical (unpaired) electrons. The van der Waals surface area contributed by atoms with E-state index < -0.39 is 4.92 Å². The number of piperidine rings is 1. The number of benzene rings is 1. The SMILES string of the molecule is CC1(CNC(=O)CCCNc2ccc([N+](=O)[O-])cc2)CCNCC1.Cl. The van der Waals surface area contributed by atoms with Crippen molar-refractivity contribution in [2.24, 2.45) is 5.41 Å². The van der Waals surface area contributed by atoms with Crippen molar-refractivity contribution in [1.29, 1.82) is 0 Å². The van der Waals surface area contributed by atoms with E-state index in [1.54, 1.807) is 12.1 Å². The lowest BCUT2D eigenvalue weighted by molar-refractivity contribution is -0.384. The molecule has 0 unspecified atom stereocenters. The zero-order chi connectivity index (χ0) is 17.4. The van der Waals surface area contributed by atoms with Gasteiger partial charge in [-0.2, -0.15) is 0 Å². The van der Waals surface area contributed by atoms with E-state index in [4.69, 9.17) is 0 Å². The fourth-order valence-electron chi connectivity index (χ4n) is 2.79. The van der Waals surface area contributed by atoms with Crippen LogP contribution in [0.2, 0.25) is 0 Å². The Labute approximate surface area is 154 Å². The standard InChI is InChI=1S/C17H26N4O3.ClH/c1-17(8-11-18-12-9-17)13-20-16(22)3-2-10-19-14-4-6-15(7-5-14)21(23)24;/h4-7,18-19H,2-3,8-13H2,1H3,(H,20,22);1H. The van der Waals surface area contributed by atoms with Gasteiger partial charge in [-0.25, -0.2) is 0 Å². The maximum Gasteiger partial charge on any atom is 0.269 e. The number of nitrogens with one attached hydrogen (secondary N) is 3. The average Bonchev–Trinajstić information content (AvgIpc) is 2.58. The maximum absolute atomic E-state index is 11.9.